The number of nitrogens with two attached hydrogens (primary N) is 2. The second-order valence-corrected chi connectivity index (χ2v) is 6.82. The van der Waals surface area contributed by atoms with Crippen LogP contribution in [0.1, 0.15) is 25.8 Å². The predicted molar refractivity (Wildman–Crippen MR) is 95.3 cm³/mol. The molecule has 1 aromatic heterocycles. The van der Waals surface area contributed by atoms with Gasteiger partial charge in [0.05, 0.1) is 6.61 Å². The first-order valence-corrected chi connectivity index (χ1v) is 8.28. The highest BCUT2D eigenvalue weighted by atomic mass is 127. The molecule has 0 bridgehead atoms. The van der Waals surface area contributed by atoms with Crippen LogP contribution < -0.4 is 11.5 Å². The molecule has 1 aliphatic carbocycles. The molecular weight excluding hydrogens is 395 g/mol. The van der Waals surface area contributed by atoms with Gasteiger partial charge in [0.25, 0.3) is 0 Å². The van der Waals surface area contributed by atoms with E-state index in [1.54, 1.807) is 6.20 Å². The number of aromatic nitrogens is 2. The van der Waals surface area contributed by atoms with Crippen molar-refractivity contribution in [3.63, 3.8) is 0 Å². The van der Waals surface area contributed by atoms with Gasteiger partial charge < -0.3 is 20.9 Å². The van der Waals surface area contributed by atoms with Crippen molar-refractivity contribution in [2.45, 2.75) is 30.3 Å². The number of nitrogen functional groups attached to an aromatic ring is 2. The molecule has 120 valence electrons. The van der Waals surface area contributed by atoms with Gasteiger partial charge in [-0.3, -0.25) is 0 Å². The monoisotopic (exact) mass is 416 g/mol. The van der Waals surface area contributed by atoms with Crippen LogP contribution in [-0.2, 0) is 15.9 Å². The van der Waals surface area contributed by atoms with Crippen LogP contribution >= 0.6 is 22.6 Å². The molecule has 0 saturated heterocycles. The van der Waals surface area contributed by atoms with E-state index in [-0.39, 0.29) is 5.95 Å². The summed E-state index contributed by atoms with van der Waals surface area (Å²) in [6, 6.07) is 0. The molecule has 7 heteroatoms. The van der Waals surface area contributed by atoms with Gasteiger partial charge in [-0.1, -0.05) is 5.57 Å². The highest BCUT2D eigenvalue weighted by Gasteiger charge is 2.30. The molecule has 4 N–H and O–H groups in total. The summed E-state index contributed by atoms with van der Waals surface area (Å²) in [7, 11) is 0. The fourth-order valence-electron chi connectivity index (χ4n) is 2.38. The number of hydrogen-bond acceptors (Lipinski definition) is 6. The van der Waals surface area contributed by atoms with Crippen molar-refractivity contribution in [2.75, 3.05) is 24.7 Å². The number of nitrogens with zero attached hydrogens (tertiary/aromatic N) is 2. The van der Waals surface area contributed by atoms with E-state index in [0.717, 1.165) is 23.3 Å². The van der Waals surface area contributed by atoms with Gasteiger partial charge >= 0.3 is 0 Å². The molecule has 0 fully saturated rings. The van der Waals surface area contributed by atoms with Gasteiger partial charge in [-0.15, -0.1) is 0 Å². The first kappa shape index (κ1) is 17.0. The molecule has 0 aromatic carbocycles. The van der Waals surface area contributed by atoms with Crippen LogP contribution in [0.5, 0.6) is 0 Å². The lowest BCUT2D eigenvalue weighted by molar-refractivity contribution is 0.0769. The van der Waals surface area contributed by atoms with Gasteiger partial charge in [-0.05, 0) is 55.0 Å². The first-order valence-electron chi connectivity index (χ1n) is 7.20. The van der Waals surface area contributed by atoms with Crippen molar-refractivity contribution < 1.29 is 9.47 Å². The molecule has 0 amide bonds. The molecule has 1 aromatic rings. The molecule has 1 unspecified atom stereocenters. The smallest absolute Gasteiger partial charge is 0.221 e. The zero-order valence-corrected chi connectivity index (χ0v) is 15.0. The van der Waals surface area contributed by atoms with Crippen molar-refractivity contribution in [1.82, 2.24) is 9.97 Å². The molecule has 6 nitrogen and oxygen atoms in total. The number of hydrogen-bond donors (Lipinski definition) is 2. The van der Waals surface area contributed by atoms with Crippen LogP contribution in [0, 0.1) is 0 Å². The van der Waals surface area contributed by atoms with Crippen molar-refractivity contribution >= 4 is 34.4 Å². The molecule has 0 radical (unpaired) electrons. The molecule has 0 aliphatic heterocycles. The molecule has 0 saturated carbocycles. The quantitative estimate of drug-likeness (QED) is 0.547. The summed E-state index contributed by atoms with van der Waals surface area (Å²) in [4.78, 5) is 8.02. The third-order valence-corrected chi connectivity index (χ3v) is 4.21. The second-order valence-electron chi connectivity index (χ2n) is 4.99. The Morgan fingerprint density at radius 2 is 2.09 bits per heavy atom. The predicted octanol–water partition coefficient (Wildman–Crippen LogP) is 2.60. The third-order valence-electron chi connectivity index (χ3n) is 3.20. The Morgan fingerprint density at radius 3 is 2.73 bits per heavy atom. The number of rotatable bonds is 6. The van der Waals surface area contributed by atoms with Crippen molar-refractivity contribution in [3.05, 3.63) is 35.2 Å². The summed E-state index contributed by atoms with van der Waals surface area (Å²) in [5.41, 5.74) is 13.5. The summed E-state index contributed by atoms with van der Waals surface area (Å²) in [6.45, 7) is 5.20. The topological polar surface area (TPSA) is 96.3 Å². The molecule has 1 atom stereocenters. The minimum Gasteiger partial charge on any atom is -0.494 e. The summed E-state index contributed by atoms with van der Waals surface area (Å²) < 4.78 is 11.1. The van der Waals surface area contributed by atoms with Crippen LogP contribution in [0.2, 0.25) is 0 Å². The van der Waals surface area contributed by atoms with E-state index >= 15 is 0 Å². The van der Waals surface area contributed by atoms with Crippen LogP contribution in [0.4, 0.5) is 11.8 Å². The summed E-state index contributed by atoms with van der Waals surface area (Å²) >= 11 is 2.31. The van der Waals surface area contributed by atoms with Crippen LogP contribution in [-0.4, -0.2) is 26.8 Å². The van der Waals surface area contributed by atoms with Gasteiger partial charge in [-0.2, -0.15) is 4.98 Å². The maximum absolute atomic E-state index is 5.92. The van der Waals surface area contributed by atoms with Crippen molar-refractivity contribution in [2.24, 2.45) is 0 Å². The summed E-state index contributed by atoms with van der Waals surface area (Å²) in [6.07, 6.45) is 7.14. The fraction of sp³-hybridized carbons (Fsp3) is 0.467. The molecule has 1 heterocycles. The van der Waals surface area contributed by atoms with E-state index in [0.29, 0.717) is 25.5 Å². The van der Waals surface area contributed by atoms with E-state index in [4.69, 9.17) is 20.9 Å². The standard InChI is InChI=1S/C15H21IN4O2/c1-3-21-12-6-10(7-15(16,8-12)22-4-2)5-11-9-19-14(18)20-13(11)17/h6,8-9H,3-5,7H2,1-2H3,(H4,17,18,19,20). The maximum atomic E-state index is 5.92. The van der Waals surface area contributed by atoms with E-state index in [2.05, 4.69) is 32.6 Å². The van der Waals surface area contributed by atoms with Gasteiger partial charge in [0, 0.05) is 24.8 Å². The molecule has 2 rings (SSSR count). The van der Waals surface area contributed by atoms with Gasteiger partial charge in [0.15, 0.2) is 0 Å². The zero-order valence-electron chi connectivity index (χ0n) is 12.8. The van der Waals surface area contributed by atoms with Crippen LogP contribution in [0.3, 0.4) is 0 Å². The summed E-state index contributed by atoms with van der Waals surface area (Å²) in [5, 5.41) is 0. The minimum absolute atomic E-state index is 0.186. The van der Waals surface area contributed by atoms with E-state index in [9.17, 15) is 0 Å². The largest absolute Gasteiger partial charge is 0.494 e. The maximum Gasteiger partial charge on any atom is 0.221 e. The Balaban J connectivity index is 2.23. The van der Waals surface area contributed by atoms with E-state index in [1.807, 2.05) is 26.0 Å². The van der Waals surface area contributed by atoms with Crippen LogP contribution in [0.15, 0.2) is 29.7 Å². The molecule has 22 heavy (non-hydrogen) atoms. The normalized spacial score (nSPS) is 21.2. The molecular formula is C15H21IN4O2. The molecule has 1 aliphatic rings. The average molecular weight is 416 g/mol. The fourth-order valence-corrected chi connectivity index (χ4v) is 3.49. The number of ether oxygens (including phenoxy) is 2. The number of halogens is 1. The van der Waals surface area contributed by atoms with E-state index < -0.39 is 3.61 Å². The van der Waals surface area contributed by atoms with Gasteiger partial charge in [-0.25, -0.2) is 4.98 Å². The van der Waals surface area contributed by atoms with Crippen molar-refractivity contribution in [1.29, 1.82) is 0 Å². The SMILES string of the molecule is CCOC1=CC(I)(OCC)CC(Cc2cnc(N)nc2N)=C1. The van der Waals surface area contributed by atoms with Gasteiger partial charge in [0.2, 0.25) is 5.95 Å². The summed E-state index contributed by atoms with van der Waals surface area (Å²) in [5.74, 6) is 1.42. The lowest BCUT2D eigenvalue weighted by atomic mass is 9.96. The molecule has 0 spiro atoms. The number of alkyl halides is 1. The Hall–Kier alpha value is -1.35. The van der Waals surface area contributed by atoms with E-state index in [1.165, 1.54) is 0 Å². The Kier molecular flexibility index (Phi) is 5.63. The lowest BCUT2D eigenvalue weighted by Gasteiger charge is -2.30. The first-order chi connectivity index (χ1) is 10.5. The zero-order chi connectivity index (χ0) is 16.2. The minimum atomic E-state index is -0.398. The number of anilines is 2. The highest BCUT2D eigenvalue weighted by molar-refractivity contribution is 14.1. The van der Waals surface area contributed by atoms with Gasteiger partial charge in [0.1, 0.15) is 15.2 Å². The lowest BCUT2D eigenvalue weighted by Crippen LogP contribution is -2.27. The van der Waals surface area contributed by atoms with Crippen molar-refractivity contribution in [3.8, 4) is 0 Å². The Labute approximate surface area is 144 Å². The Bertz CT molecular complexity index is 603. The van der Waals surface area contributed by atoms with Crippen LogP contribution in [0.25, 0.3) is 0 Å². The number of allylic oxidation sites excluding steroid dienone is 1. The Morgan fingerprint density at radius 1 is 1.32 bits per heavy atom. The third kappa shape index (κ3) is 4.33. The average Bonchev–Trinajstić information content (AvgIpc) is 2.42. The second kappa shape index (κ2) is 7.28. The highest BCUT2D eigenvalue weighted by Crippen LogP contribution is 2.37.